The van der Waals surface area contributed by atoms with Gasteiger partial charge in [-0.3, -0.25) is 4.79 Å². The largest absolute Gasteiger partial charge is 0.497 e. The molecule has 2 rings (SSSR count). The minimum Gasteiger partial charge on any atom is -0.497 e. The SMILES string of the molecule is COc1ccc(C(=O)N2CCCC(C(N)=S)C2)c(OC)c1. The van der Waals surface area contributed by atoms with E-state index in [9.17, 15) is 4.79 Å². The molecule has 1 aromatic rings. The fraction of sp³-hybridized carbons (Fsp3) is 0.467. The lowest BCUT2D eigenvalue weighted by atomic mass is 9.97. The highest BCUT2D eigenvalue weighted by molar-refractivity contribution is 7.80. The molecule has 0 aromatic heterocycles. The molecule has 1 atom stereocenters. The van der Waals surface area contributed by atoms with Crippen molar-refractivity contribution in [2.75, 3.05) is 27.3 Å². The summed E-state index contributed by atoms with van der Waals surface area (Å²) in [6, 6.07) is 5.19. The van der Waals surface area contributed by atoms with E-state index < -0.39 is 0 Å². The van der Waals surface area contributed by atoms with E-state index in [1.54, 1.807) is 37.3 Å². The molecular weight excluding hydrogens is 288 g/mol. The van der Waals surface area contributed by atoms with Gasteiger partial charge in [0.1, 0.15) is 11.5 Å². The van der Waals surface area contributed by atoms with Crippen LogP contribution in [0.3, 0.4) is 0 Å². The average Bonchev–Trinajstić information content (AvgIpc) is 2.53. The van der Waals surface area contributed by atoms with Gasteiger partial charge in [-0.2, -0.15) is 0 Å². The number of carbonyl (C=O) groups is 1. The number of likely N-dealkylation sites (tertiary alicyclic amines) is 1. The molecule has 21 heavy (non-hydrogen) atoms. The van der Waals surface area contributed by atoms with Crippen molar-refractivity contribution in [3.63, 3.8) is 0 Å². The lowest BCUT2D eigenvalue weighted by molar-refractivity contribution is 0.0700. The molecule has 6 heteroatoms. The zero-order chi connectivity index (χ0) is 15.4. The van der Waals surface area contributed by atoms with Gasteiger partial charge in [-0.25, -0.2) is 0 Å². The summed E-state index contributed by atoms with van der Waals surface area (Å²) >= 11 is 5.05. The zero-order valence-electron chi connectivity index (χ0n) is 12.3. The molecule has 5 nitrogen and oxygen atoms in total. The van der Waals surface area contributed by atoms with Crippen molar-refractivity contribution in [1.82, 2.24) is 4.90 Å². The third-order valence-corrected chi connectivity index (χ3v) is 4.08. The molecule has 0 spiro atoms. The minimum atomic E-state index is -0.0598. The number of thiocarbonyl (C=S) groups is 1. The van der Waals surface area contributed by atoms with Crippen LogP contribution >= 0.6 is 12.2 Å². The van der Waals surface area contributed by atoms with E-state index in [0.717, 1.165) is 12.8 Å². The van der Waals surface area contributed by atoms with Crippen LogP contribution in [-0.4, -0.2) is 43.1 Å². The maximum Gasteiger partial charge on any atom is 0.257 e. The number of hydrogen-bond acceptors (Lipinski definition) is 4. The first kappa shape index (κ1) is 15.6. The summed E-state index contributed by atoms with van der Waals surface area (Å²) in [5.41, 5.74) is 6.24. The van der Waals surface area contributed by atoms with Crippen LogP contribution < -0.4 is 15.2 Å². The Balaban J connectivity index is 2.21. The van der Waals surface area contributed by atoms with Crippen LogP contribution in [0.2, 0.25) is 0 Å². The first-order chi connectivity index (χ1) is 10.1. The first-order valence-electron chi connectivity index (χ1n) is 6.87. The fourth-order valence-electron chi connectivity index (χ4n) is 2.54. The standard InChI is InChI=1S/C15H20N2O3S/c1-19-11-5-6-12(13(8-11)20-2)15(18)17-7-3-4-10(9-17)14(16)21/h5-6,8,10H,3-4,7,9H2,1-2H3,(H2,16,21). The second-order valence-corrected chi connectivity index (χ2v) is 5.53. The lowest BCUT2D eigenvalue weighted by Gasteiger charge is -2.32. The highest BCUT2D eigenvalue weighted by Crippen LogP contribution is 2.27. The molecule has 0 saturated carbocycles. The summed E-state index contributed by atoms with van der Waals surface area (Å²) in [6.07, 6.45) is 1.85. The minimum absolute atomic E-state index is 0.0598. The summed E-state index contributed by atoms with van der Waals surface area (Å²) in [5.74, 6) is 1.21. The van der Waals surface area contributed by atoms with Crippen LogP contribution in [0.25, 0.3) is 0 Å². The second-order valence-electron chi connectivity index (χ2n) is 5.06. The van der Waals surface area contributed by atoms with E-state index in [4.69, 9.17) is 27.4 Å². The van der Waals surface area contributed by atoms with Crippen LogP contribution in [0.1, 0.15) is 23.2 Å². The van der Waals surface area contributed by atoms with Crippen LogP contribution in [0.5, 0.6) is 11.5 Å². The smallest absolute Gasteiger partial charge is 0.257 e. The second kappa shape index (κ2) is 6.76. The quantitative estimate of drug-likeness (QED) is 0.860. The summed E-state index contributed by atoms with van der Waals surface area (Å²) in [4.78, 5) is 14.9. The number of amides is 1. The lowest BCUT2D eigenvalue weighted by Crippen LogP contribution is -2.43. The van der Waals surface area contributed by atoms with Gasteiger partial charge in [0.25, 0.3) is 5.91 Å². The van der Waals surface area contributed by atoms with E-state index in [1.165, 1.54) is 0 Å². The number of hydrogen-bond donors (Lipinski definition) is 1. The van der Waals surface area contributed by atoms with Gasteiger partial charge in [0.05, 0.1) is 24.8 Å². The maximum absolute atomic E-state index is 12.7. The Morgan fingerprint density at radius 3 is 2.76 bits per heavy atom. The van der Waals surface area contributed by atoms with Crippen LogP contribution in [0.4, 0.5) is 0 Å². The predicted molar refractivity (Wildman–Crippen MR) is 85.0 cm³/mol. The Hall–Kier alpha value is -1.82. The van der Waals surface area contributed by atoms with E-state index in [-0.39, 0.29) is 11.8 Å². The molecule has 1 amide bonds. The van der Waals surface area contributed by atoms with Crippen LogP contribution in [0.15, 0.2) is 18.2 Å². The molecule has 114 valence electrons. The average molecular weight is 308 g/mol. The first-order valence-corrected chi connectivity index (χ1v) is 7.28. The summed E-state index contributed by atoms with van der Waals surface area (Å²) < 4.78 is 10.4. The Kier molecular flexibility index (Phi) is 5.01. The van der Waals surface area contributed by atoms with Gasteiger partial charge < -0.3 is 20.1 Å². The molecule has 1 unspecified atom stereocenters. The Bertz CT molecular complexity index is 548. The number of nitrogens with two attached hydrogens (primary N) is 1. The van der Waals surface area contributed by atoms with Crippen LogP contribution in [0, 0.1) is 5.92 Å². The van der Waals surface area contributed by atoms with Gasteiger partial charge in [0, 0.05) is 25.1 Å². The van der Waals surface area contributed by atoms with Gasteiger partial charge in [-0.05, 0) is 25.0 Å². The summed E-state index contributed by atoms with van der Waals surface area (Å²) in [5, 5.41) is 0. The number of nitrogens with zero attached hydrogens (tertiary/aromatic N) is 1. The van der Waals surface area contributed by atoms with Crippen molar-refractivity contribution in [1.29, 1.82) is 0 Å². The molecule has 1 fully saturated rings. The summed E-state index contributed by atoms with van der Waals surface area (Å²) in [7, 11) is 3.12. The van der Waals surface area contributed by atoms with Gasteiger partial charge >= 0.3 is 0 Å². The molecule has 2 N–H and O–H groups in total. The van der Waals surface area contributed by atoms with Crippen LogP contribution in [-0.2, 0) is 0 Å². The maximum atomic E-state index is 12.7. The van der Waals surface area contributed by atoms with Crippen molar-refractivity contribution >= 4 is 23.1 Å². The molecule has 0 bridgehead atoms. The van der Waals surface area contributed by atoms with Gasteiger partial charge in [-0.1, -0.05) is 12.2 Å². The van der Waals surface area contributed by atoms with Gasteiger partial charge in [0.2, 0.25) is 0 Å². The Morgan fingerprint density at radius 1 is 1.38 bits per heavy atom. The third kappa shape index (κ3) is 3.44. The molecule has 1 aliphatic heterocycles. The number of piperidine rings is 1. The zero-order valence-corrected chi connectivity index (χ0v) is 13.1. The highest BCUT2D eigenvalue weighted by Gasteiger charge is 2.27. The Morgan fingerprint density at radius 2 is 2.14 bits per heavy atom. The van der Waals surface area contributed by atoms with Gasteiger partial charge in [-0.15, -0.1) is 0 Å². The van der Waals surface area contributed by atoms with E-state index in [2.05, 4.69) is 0 Å². The molecule has 0 aliphatic carbocycles. The van der Waals surface area contributed by atoms with Crippen molar-refractivity contribution in [2.24, 2.45) is 11.7 Å². The molecule has 1 aromatic carbocycles. The number of methoxy groups -OCH3 is 2. The molecule has 1 saturated heterocycles. The number of benzene rings is 1. The number of ether oxygens (including phenoxy) is 2. The monoisotopic (exact) mass is 308 g/mol. The molecule has 1 heterocycles. The number of rotatable bonds is 4. The third-order valence-electron chi connectivity index (χ3n) is 3.75. The van der Waals surface area contributed by atoms with Crippen molar-refractivity contribution in [3.8, 4) is 11.5 Å². The number of carbonyl (C=O) groups excluding carboxylic acids is 1. The van der Waals surface area contributed by atoms with E-state index in [0.29, 0.717) is 35.1 Å². The summed E-state index contributed by atoms with van der Waals surface area (Å²) in [6.45, 7) is 1.29. The topological polar surface area (TPSA) is 64.8 Å². The Labute approximate surface area is 130 Å². The van der Waals surface area contributed by atoms with Gasteiger partial charge in [0.15, 0.2) is 0 Å². The molecule has 1 aliphatic rings. The molecular formula is C15H20N2O3S. The predicted octanol–water partition coefficient (Wildman–Crippen LogP) is 1.84. The van der Waals surface area contributed by atoms with Crippen molar-refractivity contribution in [2.45, 2.75) is 12.8 Å². The van der Waals surface area contributed by atoms with E-state index in [1.807, 2.05) is 0 Å². The van der Waals surface area contributed by atoms with Crippen molar-refractivity contribution in [3.05, 3.63) is 23.8 Å². The van der Waals surface area contributed by atoms with Crippen molar-refractivity contribution < 1.29 is 14.3 Å². The fourth-order valence-corrected chi connectivity index (χ4v) is 2.73. The normalized spacial score (nSPS) is 18.2. The molecule has 0 radical (unpaired) electrons. The highest BCUT2D eigenvalue weighted by atomic mass is 32.1. The van der Waals surface area contributed by atoms with E-state index >= 15 is 0 Å².